The molecule has 5 rings (SSSR count). The minimum absolute atomic E-state index is 0.0708. The van der Waals surface area contributed by atoms with Gasteiger partial charge in [0.25, 0.3) is 5.91 Å². The Morgan fingerprint density at radius 3 is 2.33 bits per heavy atom. The molecule has 0 bridgehead atoms. The maximum atomic E-state index is 13.1. The van der Waals surface area contributed by atoms with Crippen molar-refractivity contribution in [2.75, 3.05) is 37.0 Å². The van der Waals surface area contributed by atoms with Crippen LogP contribution in [0.15, 0.2) is 72.8 Å². The molecule has 2 amide bonds. The Morgan fingerprint density at radius 1 is 0.884 bits per heavy atom. The first-order valence-corrected chi connectivity index (χ1v) is 15.6. The number of ether oxygens (including phenoxy) is 2. The third-order valence-corrected chi connectivity index (χ3v) is 8.54. The predicted molar refractivity (Wildman–Crippen MR) is 171 cm³/mol. The van der Waals surface area contributed by atoms with E-state index in [4.69, 9.17) is 15.2 Å². The number of hydrogen-bond donors (Lipinski definition) is 2. The topological polar surface area (TPSA) is 97.1 Å². The zero-order chi connectivity index (χ0) is 30.0. The third kappa shape index (κ3) is 8.29. The van der Waals surface area contributed by atoms with Gasteiger partial charge >= 0.3 is 6.09 Å². The molecule has 3 aromatic carbocycles. The van der Waals surface area contributed by atoms with Crippen molar-refractivity contribution >= 4 is 23.4 Å². The summed E-state index contributed by atoms with van der Waals surface area (Å²) in [5, 5.41) is 3.14. The normalized spacial score (nSPS) is 18.8. The fourth-order valence-electron chi connectivity index (χ4n) is 6.17. The van der Waals surface area contributed by atoms with Gasteiger partial charge in [-0.15, -0.1) is 0 Å². The second-order valence-electron chi connectivity index (χ2n) is 11.7. The maximum Gasteiger partial charge on any atom is 0.410 e. The standard InChI is InChI=1S/C35H44N4O4/c1-42-35(41)39(30-17-15-29(36)16-18-30)24-26-10-9-11-27(22-26)28-14-19-33(38-20-7-2-3-8-21-38)32(23-28)37-34(40)25-43-31-12-5-4-6-13-31/h4-6,9-14,19,22-23,29-30H,2-3,7-8,15-18,20-21,24-25,36H2,1H3,(H,37,40). The summed E-state index contributed by atoms with van der Waals surface area (Å²) in [6, 6.07) is 24.2. The van der Waals surface area contributed by atoms with Gasteiger partial charge in [-0.2, -0.15) is 0 Å². The van der Waals surface area contributed by atoms with Gasteiger partial charge in [0.05, 0.1) is 18.5 Å². The highest BCUT2D eigenvalue weighted by Gasteiger charge is 2.28. The van der Waals surface area contributed by atoms with Crippen molar-refractivity contribution in [1.29, 1.82) is 0 Å². The van der Waals surface area contributed by atoms with Crippen molar-refractivity contribution < 1.29 is 19.1 Å². The minimum Gasteiger partial charge on any atom is -0.484 e. The van der Waals surface area contributed by atoms with Gasteiger partial charge in [-0.3, -0.25) is 4.79 Å². The molecular formula is C35H44N4O4. The van der Waals surface area contributed by atoms with Gasteiger partial charge in [0.15, 0.2) is 6.61 Å². The number of anilines is 2. The first-order chi connectivity index (χ1) is 21.0. The zero-order valence-electron chi connectivity index (χ0n) is 25.2. The van der Waals surface area contributed by atoms with E-state index in [1.807, 2.05) is 47.4 Å². The smallest absolute Gasteiger partial charge is 0.410 e. The van der Waals surface area contributed by atoms with E-state index in [0.717, 1.165) is 79.7 Å². The van der Waals surface area contributed by atoms with Crippen molar-refractivity contribution in [2.24, 2.45) is 5.73 Å². The first kappa shape index (κ1) is 30.4. The third-order valence-electron chi connectivity index (χ3n) is 8.54. The van der Waals surface area contributed by atoms with Crippen LogP contribution in [0.4, 0.5) is 16.2 Å². The van der Waals surface area contributed by atoms with E-state index in [-0.39, 0.29) is 30.7 Å². The number of para-hydroxylation sites is 1. The lowest BCUT2D eigenvalue weighted by Crippen LogP contribution is -2.43. The van der Waals surface area contributed by atoms with E-state index in [1.54, 1.807) is 0 Å². The van der Waals surface area contributed by atoms with Gasteiger partial charge in [0.1, 0.15) is 5.75 Å². The average molecular weight is 585 g/mol. The van der Waals surface area contributed by atoms with Crippen LogP contribution in [0, 0.1) is 0 Å². The molecule has 3 aromatic rings. The van der Waals surface area contributed by atoms with E-state index in [9.17, 15) is 9.59 Å². The molecule has 43 heavy (non-hydrogen) atoms. The SMILES string of the molecule is COC(=O)N(Cc1cccc(-c2ccc(N3CCCCCC3)c(NC(=O)COc3ccccc3)c2)c1)C1CCC(N)CC1. The minimum atomic E-state index is -0.310. The summed E-state index contributed by atoms with van der Waals surface area (Å²) in [4.78, 5) is 30.1. The zero-order valence-corrected chi connectivity index (χ0v) is 25.2. The van der Waals surface area contributed by atoms with Gasteiger partial charge in [-0.1, -0.05) is 55.3 Å². The molecule has 8 nitrogen and oxygen atoms in total. The van der Waals surface area contributed by atoms with E-state index in [0.29, 0.717) is 12.3 Å². The fourth-order valence-corrected chi connectivity index (χ4v) is 6.17. The molecular weight excluding hydrogens is 540 g/mol. The van der Waals surface area contributed by atoms with E-state index in [2.05, 4.69) is 40.5 Å². The Kier molecular flexibility index (Phi) is 10.6. The molecule has 1 aliphatic carbocycles. The maximum absolute atomic E-state index is 13.1. The number of hydrogen-bond acceptors (Lipinski definition) is 6. The molecule has 1 heterocycles. The monoisotopic (exact) mass is 584 g/mol. The van der Waals surface area contributed by atoms with Crippen molar-refractivity contribution in [3.63, 3.8) is 0 Å². The van der Waals surface area contributed by atoms with Crippen molar-refractivity contribution in [2.45, 2.75) is 70.0 Å². The van der Waals surface area contributed by atoms with Crippen LogP contribution in [-0.2, 0) is 16.1 Å². The van der Waals surface area contributed by atoms with Crippen LogP contribution in [0.3, 0.4) is 0 Å². The number of carbonyl (C=O) groups is 2. The van der Waals surface area contributed by atoms with Crippen LogP contribution >= 0.6 is 0 Å². The summed E-state index contributed by atoms with van der Waals surface area (Å²) >= 11 is 0. The van der Waals surface area contributed by atoms with Crippen LogP contribution < -0.4 is 20.7 Å². The molecule has 8 heteroatoms. The van der Waals surface area contributed by atoms with Crippen LogP contribution in [0.25, 0.3) is 11.1 Å². The molecule has 0 aromatic heterocycles. The molecule has 1 saturated heterocycles. The average Bonchev–Trinajstić information content (AvgIpc) is 3.33. The quantitative estimate of drug-likeness (QED) is 0.295. The molecule has 228 valence electrons. The summed E-state index contributed by atoms with van der Waals surface area (Å²) in [5.41, 5.74) is 11.0. The Balaban J connectivity index is 1.37. The molecule has 0 spiro atoms. The first-order valence-electron chi connectivity index (χ1n) is 15.6. The molecule has 1 aliphatic heterocycles. The molecule has 3 N–H and O–H groups in total. The number of nitrogens with two attached hydrogens (primary N) is 1. The Bertz CT molecular complexity index is 1350. The van der Waals surface area contributed by atoms with Crippen LogP contribution in [0.2, 0.25) is 0 Å². The number of nitrogens with zero attached hydrogens (tertiary/aromatic N) is 2. The van der Waals surface area contributed by atoms with Crippen molar-refractivity contribution in [1.82, 2.24) is 4.90 Å². The van der Waals surface area contributed by atoms with E-state index in [1.165, 1.54) is 20.0 Å². The molecule has 0 atom stereocenters. The summed E-state index contributed by atoms with van der Waals surface area (Å²) in [5.74, 6) is 0.458. The largest absolute Gasteiger partial charge is 0.484 e. The Labute approximate surface area is 255 Å². The predicted octanol–water partition coefficient (Wildman–Crippen LogP) is 6.59. The number of amides is 2. The van der Waals surface area contributed by atoms with Gasteiger partial charge < -0.3 is 30.3 Å². The lowest BCUT2D eigenvalue weighted by molar-refractivity contribution is -0.118. The van der Waals surface area contributed by atoms with Gasteiger partial charge in [0, 0.05) is 31.7 Å². The van der Waals surface area contributed by atoms with E-state index < -0.39 is 0 Å². The molecule has 2 aliphatic rings. The molecule has 2 fully saturated rings. The highest BCUT2D eigenvalue weighted by molar-refractivity contribution is 5.96. The molecule has 0 unspecified atom stereocenters. The van der Waals surface area contributed by atoms with Gasteiger partial charge in [-0.05, 0) is 85.5 Å². The highest BCUT2D eigenvalue weighted by atomic mass is 16.5. The second kappa shape index (κ2) is 14.9. The van der Waals surface area contributed by atoms with E-state index >= 15 is 0 Å². The molecule has 0 radical (unpaired) electrons. The Hall–Kier alpha value is -4.04. The summed E-state index contributed by atoms with van der Waals surface area (Å²) in [7, 11) is 1.44. The number of benzene rings is 3. The number of rotatable bonds is 9. The lowest BCUT2D eigenvalue weighted by atomic mass is 9.90. The van der Waals surface area contributed by atoms with Crippen LogP contribution in [0.1, 0.15) is 56.9 Å². The summed E-state index contributed by atoms with van der Waals surface area (Å²) in [6.45, 7) is 2.33. The van der Waals surface area contributed by atoms with Crippen LogP contribution in [0.5, 0.6) is 5.75 Å². The number of nitrogens with one attached hydrogen (secondary N) is 1. The summed E-state index contributed by atoms with van der Waals surface area (Å²) < 4.78 is 10.9. The Morgan fingerprint density at radius 2 is 1.60 bits per heavy atom. The van der Waals surface area contributed by atoms with Crippen LogP contribution in [-0.4, -0.2) is 55.8 Å². The number of carbonyl (C=O) groups excluding carboxylic acids is 2. The fraction of sp³-hybridized carbons (Fsp3) is 0.429. The number of methoxy groups -OCH3 is 1. The van der Waals surface area contributed by atoms with Gasteiger partial charge in [0.2, 0.25) is 0 Å². The lowest BCUT2D eigenvalue weighted by Gasteiger charge is -2.35. The van der Waals surface area contributed by atoms with Crippen molar-refractivity contribution in [3.8, 4) is 16.9 Å². The molecule has 1 saturated carbocycles. The highest BCUT2D eigenvalue weighted by Crippen LogP contribution is 2.34. The van der Waals surface area contributed by atoms with Gasteiger partial charge in [-0.25, -0.2) is 4.79 Å². The summed E-state index contributed by atoms with van der Waals surface area (Å²) in [6.07, 6.45) is 7.99. The second-order valence-corrected chi connectivity index (χ2v) is 11.7. The van der Waals surface area contributed by atoms with Crippen molar-refractivity contribution in [3.05, 3.63) is 78.4 Å².